The molecule has 0 unspecified atom stereocenters. The molecule has 0 aliphatic carbocycles. The number of phenols is 2. The van der Waals surface area contributed by atoms with Gasteiger partial charge < -0.3 is 20.3 Å². The number of esters is 1. The van der Waals surface area contributed by atoms with E-state index in [0.717, 1.165) is 6.08 Å². The van der Waals surface area contributed by atoms with Crippen LogP contribution in [-0.4, -0.2) is 29.2 Å². The lowest BCUT2D eigenvalue weighted by molar-refractivity contribution is -0.137. The molecular formula is C13H13NO5. The van der Waals surface area contributed by atoms with E-state index in [2.05, 4.69) is 16.6 Å². The molecule has 0 atom stereocenters. The molecule has 0 aromatic heterocycles. The molecule has 1 rings (SSSR count). The molecule has 0 aliphatic rings. The largest absolute Gasteiger partial charge is 0.504 e. The van der Waals surface area contributed by atoms with E-state index in [1.807, 2.05) is 0 Å². The maximum atomic E-state index is 11.4. The Bertz CT molecular complexity index is 548. The van der Waals surface area contributed by atoms with Gasteiger partial charge in [-0.25, -0.2) is 4.79 Å². The maximum Gasteiger partial charge on any atom is 0.353 e. The van der Waals surface area contributed by atoms with E-state index in [4.69, 9.17) is 5.11 Å². The Hall–Kier alpha value is -2.76. The molecule has 3 N–H and O–H groups in total. The van der Waals surface area contributed by atoms with Gasteiger partial charge in [-0.2, -0.15) is 0 Å². The molecule has 0 fully saturated rings. The maximum absolute atomic E-state index is 11.4. The van der Waals surface area contributed by atoms with Gasteiger partial charge in [0.2, 0.25) is 5.91 Å². The van der Waals surface area contributed by atoms with Crippen molar-refractivity contribution in [1.82, 2.24) is 5.32 Å². The number of nitrogens with one attached hydrogen (secondary N) is 1. The third kappa shape index (κ3) is 4.19. The van der Waals surface area contributed by atoms with E-state index >= 15 is 0 Å². The second-order valence-corrected chi connectivity index (χ2v) is 3.54. The first-order chi connectivity index (χ1) is 8.93. The molecule has 100 valence electrons. The average molecular weight is 263 g/mol. The monoisotopic (exact) mass is 263 g/mol. The molecule has 0 spiro atoms. The lowest BCUT2D eigenvalue weighted by Crippen LogP contribution is -2.25. The number of carbonyl (C=O) groups is 2. The van der Waals surface area contributed by atoms with E-state index in [9.17, 15) is 14.7 Å². The summed E-state index contributed by atoms with van der Waals surface area (Å²) >= 11 is 0. The standard InChI is InChI=1S/C13H13NO5/c1-8(13(18)19-2)14-12(17)6-4-9-3-5-10(15)11(16)7-9/h3-7,15-16H,1H2,2H3,(H,14,17)/b6-4+. The van der Waals surface area contributed by atoms with E-state index in [-0.39, 0.29) is 17.2 Å². The number of phenolic OH excluding ortho intramolecular Hbond substituents is 2. The number of benzene rings is 1. The van der Waals surface area contributed by atoms with Gasteiger partial charge in [-0.15, -0.1) is 0 Å². The predicted octanol–water partition coefficient (Wildman–Crippen LogP) is 0.914. The van der Waals surface area contributed by atoms with Crippen LogP contribution in [-0.2, 0) is 14.3 Å². The summed E-state index contributed by atoms with van der Waals surface area (Å²) in [6.07, 6.45) is 2.55. The summed E-state index contributed by atoms with van der Waals surface area (Å²) in [5, 5.41) is 20.6. The summed E-state index contributed by atoms with van der Waals surface area (Å²) in [7, 11) is 1.18. The van der Waals surface area contributed by atoms with Gasteiger partial charge in [-0.05, 0) is 23.8 Å². The van der Waals surface area contributed by atoms with E-state index in [0.29, 0.717) is 5.56 Å². The van der Waals surface area contributed by atoms with Crippen molar-refractivity contribution in [3.63, 3.8) is 0 Å². The van der Waals surface area contributed by atoms with Crippen LogP contribution in [0.2, 0.25) is 0 Å². The molecule has 1 amide bonds. The van der Waals surface area contributed by atoms with Gasteiger partial charge >= 0.3 is 5.97 Å². The van der Waals surface area contributed by atoms with Crippen LogP contribution in [0, 0.1) is 0 Å². The summed E-state index contributed by atoms with van der Waals surface area (Å²) in [4.78, 5) is 22.4. The molecule has 1 aromatic rings. The molecular weight excluding hydrogens is 250 g/mol. The smallest absolute Gasteiger partial charge is 0.353 e. The molecule has 0 saturated heterocycles. The van der Waals surface area contributed by atoms with Gasteiger partial charge in [-0.3, -0.25) is 4.79 Å². The minimum absolute atomic E-state index is 0.175. The fraction of sp³-hybridized carbons (Fsp3) is 0.0769. The molecule has 19 heavy (non-hydrogen) atoms. The van der Waals surface area contributed by atoms with Crippen molar-refractivity contribution >= 4 is 18.0 Å². The van der Waals surface area contributed by atoms with Gasteiger partial charge in [0.15, 0.2) is 11.5 Å². The van der Waals surface area contributed by atoms with Crippen LogP contribution in [0.5, 0.6) is 11.5 Å². The second kappa shape index (κ2) is 6.25. The number of carbonyl (C=O) groups excluding carboxylic acids is 2. The number of aromatic hydroxyl groups is 2. The minimum Gasteiger partial charge on any atom is -0.504 e. The van der Waals surface area contributed by atoms with Crippen LogP contribution >= 0.6 is 0 Å². The quantitative estimate of drug-likeness (QED) is 0.426. The van der Waals surface area contributed by atoms with Crippen LogP contribution < -0.4 is 5.32 Å². The number of hydrogen-bond donors (Lipinski definition) is 3. The van der Waals surface area contributed by atoms with Crippen molar-refractivity contribution in [3.05, 3.63) is 42.1 Å². The van der Waals surface area contributed by atoms with Crippen LogP contribution in [0.1, 0.15) is 5.56 Å². The highest BCUT2D eigenvalue weighted by molar-refractivity contribution is 5.99. The fourth-order valence-electron chi connectivity index (χ4n) is 1.18. The Morgan fingerprint density at radius 1 is 1.32 bits per heavy atom. The first-order valence-corrected chi connectivity index (χ1v) is 5.22. The summed E-state index contributed by atoms with van der Waals surface area (Å²) < 4.78 is 4.37. The van der Waals surface area contributed by atoms with E-state index in [1.54, 1.807) is 0 Å². The van der Waals surface area contributed by atoms with Gasteiger partial charge in [0.1, 0.15) is 5.70 Å². The van der Waals surface area contributed by atoms with Crippen molar-refractivity contribution in [3.8, 4) is 11.5 Å². The fourth-order valence-corrected chi connectivity index (χ4v) is 1.18. The summed E-state index contributed by atoms with van der Waals surface area (Å²) in [6.45, 7) is 3.33. The highest BCUT2D eigenvalue weighted by Gasteiger charge is 2.08. The van der Waals surface area contributed by atoms with Gasteiger partial charge in [0.05, 0.1) is 7.11 Å². The molecule has 0 radical (unpaired) electrons. The predicted molar refractivity (Wildman–Crippen MR) is 68.1 cm³/mol. The van der Waals surface area contributed by atoms with Crippen molar-refractivity contribution in [1.29, 1.82) is 0 Å². The first-order valence-electron chi connectivity index (χ1n) is 5.22. The molecule has 1 aromatic carbocycles. The summed E-state index contributed by atoms with van der Waals surface area (Å²) in [5.41, 5.74) is 0.333. The lowest BCUT2D eigenvalue weighted by atomic mass is 10.2. The third-order valence-electron chi connectivity index (χ3n) is 2.13. The normalized spacial score (nSPS) is 10.2. The van der Waals surface area contributed by atoms with Crippen molar-refractivity contribution in [2.75, 3.05) is 7.11 Å². The Morgan fingerprint density at radius 2 is 2.00 bits per heavy atom. The zero-order valence-corrected chi connectivity index (χ0v) is 10.2. The Morgan fingerprint density at radius 3 is 2.58 bits per heavy atom. The molecule has 0 heterocycles. The van der Waals surface area contributed by atoms with Crippen molar-refractivity contribution in [2.24, 2.45) is 0 Å². The summed E-state index contributed by atoms with van der Waals surface area (Å²) in [5.74, 6) is -1.84. The summed E-state index contributed by atoms with van der Waals surface area (Å²) in [6, 6.07) is 4.09. The van der Waals surface area contributed by atoms with Crippen LogP contribution in [0.25, 0.3) is 6.08 Å². The van der Waals surface area contributed by atoms with Gasteiger partial charge in [-0.1, -0.05) is 12.6 Å². The van der Waals surface area contributed by atoms with E-state index in [1.165, 1.54) is 31.4 Å². The van der Waals surface area contributed by atoms with Gasteiger partial charge in [0, 0.05) is 6.08 Å². The van der Waals surface area contributed by atoms with Crippen LogP contribution in [0.15, 0.2) is 36.6 Å². The Kier molecular flexibility index (Phi) is 4.70. The van der Waals surface area contributed by atoms with Gasteiger partial charge in [0.25, 0.3) is 0 Å². The third-order valence-corrected chi connectivity index (χ3v) is 2.13. The molecule has 0 bridgehead atoms. The lowest BCUT2D eigenvalue weighted by Gasteiger charge is -2.03. The SMILES string of the molecule is C=C(NC(=O)/C=C/c1ccc(O)c(O)c1)C(=O)OC. The number of amides is 1. The molecule has 6 heteroatoms. The zero-order chi connectivity index (χ0) is 14.4. The first kappa shape index (κ1) is 14.3. The minimum atomic E-state index is -0.732. The Balaban J connectivity index is 2.66. The van der Waals surface area contributed by atoms with E-state index < -0.39 is 11.9 Å². The van der Waals surface area contributed by atoms with Crippen molar-refractivity contribution < 1.29 is 24.5 Å². The zero-order valence-electron chi connectivity index (χ0n) is 10.2. The number of ether oxygens (including phenoxy) is 1. The number of rotatable bonds is 4. The molecule has 6 nitrogen and oxygen atoms in total. The van der Waals surface area contributed by atoms with Crippen LogP contribution in [0.4, 0.5) is 0 Å². The average Bonchev–Trinajstić information content (AvgIpc) is 2.39. The number of methoxy groups -OCH3 is 1. The highest BCUT2D eigenvalue weighted by atomic mass is 16.5. The number of hydrogen-bond acceptors (Lipinski definition) is 5. The molecule has 0 aliphatic heterocycles. The Labute approximate surface area is 109 Å². The highest BCUT2D eigenvalue weighted by Crippen LogP contribution is 2.25. The second-order valence-electron chi connectivity index (χ2n) is 3.54. The topological polar surface area (TPSA) is 95.9 Å². The van der Waals surface area contributed by atoms with Crippen molar-refractivity contribution in [2.45, 2.75) is 0 Å². The van der Waals surface area contributed by atoms with Crippen LogP contribution in [0.3, 0.4) is 0 Å². The molecule has 0 saturated carbocycles.